The highest BCUT2D eigenvalue weighted by atomic mass is 35.5. The molecule has 2 aromatic rings. The van der Waals surface area contributed by atoms with Gasteiger partial charge in [-0.1, -0.05) is 41.9 Å². The molecule has 8 nitrogen and oxygen atoms in total. The second-order valence-electron chi connectivity index (χ2n) is 6.07. The van der Waals surface area contributed by atoms with E-state index in [1.165, 1.54) is 24.3 Å². The highest BCUT2D eigenvalue weighted by Gasteiger charge is 2.25. The van der Waals surface area contributed by atoms with Crippen LogP contribution in [0.15, 0.2) is 54.6 Å². The minimum absolute atomic E-state index is 0.234. The molecule has 1 unspecified atom stereocenters. The Bertz CT molecular complexity index is 871. The lowest BCUT2D eigenvalue weighted by molar-refractivity contribution is -0.151. The van der Waals surface area contributed by atoms with Crippen LogP contribution < -0.4 is 16.4 Å². The number of benzene rings is 2. The summed E-state index contributed by atoms with van der Waals surface area (Å²) in [6.45, 7) is -0.285. The first-order valence-electron chi connectivity index (χ1n) is 8.67. The van der Waals surface area contributed by atoms with Gasteiger partial charge in [0.25, 0.3) is 11.8 Å². The molecule has 2 aromatic carbocycles. The predicted molar refractivity (Wildman–Crippen MR) is 106 cm³/mol. The van der Waals surface area contributed by atoms with Crippen molar-refractivity contribution in [1.29, 1.82) is 0 Å². The predicted octanol–water partition coefficient (Wildman–Crippen LogP) is 1.17. The van der Waals surface area contributed by atoms with E-state index in [-0.39, 0.29) is 12.1 Å². The van der Waals surface area contributed by atoms with Crippen LogP contribution in [0, 0.1) is 0 Å². The molecule has 2 rings (SSSR count). The third-order valence-electron chi connectivity index (χ3n) is 3.78. The first kappa shape index (κ1) is 21.9. The van der Waals surface area contributed by atoms with Crippen molar-refractivity contribution in [2.24, 2.45) is 5.73 Å². The summed E-state index contributed by atoms with van der Waals surface area (Å²) in [5, 5.41) is 5.42. The van der Waals surface area contributed by atoms with Gasteiger partial charge in [0.05, 0.1) is 6.42 Å². The van der Waals surface area contributed by atoms with Gasteiger partial charge in [0.1, 0.15) is 6.04 Å². The minimum atomic E-state index is -1.32. The molecule has 0 saturated heterocycles. The van der Waals surface area contributed by atoms with E-state index >= 15 is 0 Å². The van der Waals surface area contributed by atoms with Crippen LogP contribution in [0.3, 0.4) is 0 Å². The third kappa shape index (κ3) is 7.63. The van der Waals surface area contributed by atoms with E-state index in [1.807, 2.05) is 30.3 Å². The number of carbonyl (C=O) groups is 4. The summed E-state index contributed by atoms with van der Waals surface area (Å²) in [4.78, 5) is 47.6. The van der Waals surface area contributed by atoms with E-state index in [0.29, 0.717) is 5.02 Å². The van der Waals surface area contributed by atoms with Crippen molar-refractivity contribution in [2.75, 3.05) is 6.61 Å². The van der Waals surface area contributed by atoms with Gasteiger partial charge in [0, 0.05) is 17.1 Å². The summed E-state index contributed by atoms with van der Waals surface area (Å²) in [5.74, 6) is -2.89. The molecule has 4 N–H and O–H groups in total. The molecule has 0 bridgehead atoms. The average molecular weight is 418 g/mol. The SMILES string of the molecule is NC(=O)CC(NC(=O)c1ccc(Cl)cc1)C(=O)OCC(=O)NCc1ccccc1. The second-order valence-corrected chi connectivity index (χ2v) is 6.51. The van der Waals surface area contributed by atoms with Crippen LogP contribution in [0.25, 0.3) is 0 Å². The molecule has 0 saturated carbocycles. The summed E-state index contributed by atoms with van der Waals surface area (Å²) in [5.41, 5.74) is 6.26. The number of hydrogen-bond acceptors (Lipinski definition) is 5. The van der Waals surface area contributed by atoms with Gasteiger partial charge in [-0.2, -0.15) is 0 Å². The van der Waals surface area contributed by atoms with Crippen LogP contribution in [0.5, 0.6) is 0 Å². The molecular weight excluding hydrogens is 398 g/mol. The minimum Gasteiger partial charge on any atom is -0.454 e. The van der Waals surface area contributed by atoms with E-state index in [1.54, 1.807) is 0 Å². The van der Waals surface area contributed by atoms with Gasteiger partial charge in [0.2, 0.25) is 5.91 Å². The van der Waals surface area contributed by atoms with Crippen LogP contribution in [0.2, 0.25) is 5.02 Å². The fourth-order valence-electron chi connectivity index (χ4n) is 2.32. The van der Waals surface area contributed by atoms with Crippen molar-refractivity contribution in [3.05, 3.63) is 70.7 Å². The fourth-order valence-corrected chi connectivity index (χ4v) is 2.45. The lowest BCUT2D eigenvalue weighted by Gasteiger charge is -2.16. The zero-order valence-corrected chi connectivity index (χ0v) is 16.1. The second kappa shape index (κ2) is 10.8. The Kier molecular flexibility index (Phi) is 8.17. The van der Waals surface area contributed by atoms with Gasteiger partial charge in [-0.05, 0) is 29.8 Å². The van der Waals surface area contributed by atoms with Crippen molar-refractivity contribution < 1.29 is 23.9 Å². The van der Waals surface area contributed by atoms with Gasteiger partial charge in [-0.25, -0.2) is 4.79 Å². The fraction of sp³-hybridized carbons (Fsp3) is 0.200. The largest absolute Gasteiger partial charge is 0.454 e. The highest BCUT2D eigenvalue weighted by Crippen LogP contribution is 2.10. The Morgan fingerprint density at radius 1 is 1.00 bits per heavy atom. The van der Waals surface area contributed by atoms with Crippen LogP contribution in [0.1, 0.15) is 22.3 Å². The molecule has 152 valence electrons. The molecule has 9 heteroatoms. The van der Waals surface area contributed by atoms with Crippen molar-refractivity contribution in [3.8, 4) is 0 Å². The summed E-state index contributed by atoms with van der Waals surface area (Å²) in [7, 11) is 0. The van der Waals surface area contributed by atoms with Crippen molar-refractivity contribution in [3.63, 3.8) is 0 Å². The number of esters is 1. The summed E-state index contributed by atoms with van der Waals surface area (Å²) in [6, 6.07) is 13.8. The topological polar surface area (TPSA) is 128 Å². The lowest BCUT2D eigenvalue weighted by atomic mass is 10.1. The molecule has 0 aliphatic carbocycles. The quantitative estimate of drug-likeness (QED) is 0.528. The van der Waals surface area contributed by atoms with E-state index in [9.17, 15) is 19.2 Å². The van der Waals surface area contributed by atoms with Crippen molar-refractivity contribution >= 4 is 35.3 Å². The molecule has 0 spiro atoms. The molecule has 0 fully saturated rings. The molecule has 0 aliphatic rings. The first-order valence-corrected chi connectivity index (χ1v) is 9.05. The molecule has 0 radical (unpaired) electrons. The number of nitrogens with one attached hydrogen (secondary N) is 2. The number of primary amides is 1. The number of carbonyl (C=O) groups excluding carboxylic acids is 4. The first-order chi connectivity index (χ1) is 13.8. The Hall–Kier alpha value is -3.39. The van der Waals surface area contributed by atoms with E-state index < -0.39 is 42.8 Å². The van der Waals surface area contributed by atoms with Gasteiger partial charge < -0.3 is 21.1 Å². The molecule has 0 heterocycles. The van der Waals surface area contributed by atoms with Gasteiger partial charge >= 0.3 is 5.97 Å². The van der Waals surface area contributed by atoms with Gasteiger partial charge in [0.15, 0.2) is 6.61 Å². The number of amides is 3. The Labute approximate surface area is 172 Å². The Morgan fingerprint density at radius 2 is 1.66 bits per heavy atom. The number of ether oxygens (including phenoxy) is 1. The summed E-state index contributed by atoms with van der Waals surface area (Å²) < 4.78 is 4.92. The average Bonchev–Trinajstić information content (AvgIpc) is 2.70. The zero-order valence-electron chi connectivity index (χ0n) is 15.4. The van der Waals surface area contributed by atoms with Crippen molar-refractivity contribution in [1.82, 2.24) is 10.6 Å². The maximum Gasteiger partial charge on any atom is 0.329 e. The Balaban J connectivity index is 1.88. The molecule has 0 aliphatic heterocycles. The van der Waals surface area contributed by atoms with Crippen LogP contribution in [0.4, 0.5) is 0 Å². The smallest absolute Gasteiger partial charge is 0.329 e. The van der Waals surface area contributed by atoms with E-state index in [2.05, 4.69) is 10.6 Å². The molecule has 3 amide bonds. The monoisotopic (exact) mass is 417 g/mol. The Morgan fingerprint density at radius 3 is 2.28 bits per heavy atom. The molecule has 1 atom stereocenters. The standard InChI is InChI=1S/C20H20ClN3O5/c21-15-8-6-14(7-9-15)19(27)24-16(10-17(22)25)20(28)29-12-18(26)23-11-13-4-2-1-3-5-13/h1-9,16H,10-12H2,(H2,22,25)(H,23,26)(H,24,27). The molecule has 29 heavy (non-hydrogen) atoms. The summed E-state index contributed by atoms with van der Waals surface area (Å²) in [6.07, 6.45) is -0.468. The number of hydrogen-bond donors (Lipinski definition) is 3. The van der Waals surface area contributed by atoms with E-state index in [0.717, 1.165) is 5.56 Å². The molecule has 0 aromatic heterocycles. The normalized spacial score (nSPS) is 11.2. The number of halogens is 1. The summed E-state index contributed by atoms with van der Waals surface area (Å²) >= 11 is 5.77. The van der Waals surface area contributed by atoms with Crippen LogP contribution in [-0.2, 0) is 25.7 Å². The number of nitrogens with two attached hydrogens (primary N) is 1. The van der Waals surface area contributed by atoms with Crippen LogP contribution in [-0.4, -0.2) is 36.3 Å². The maximum absolute atomic E-state index is 12.3. The van der Waals surface area contributed by atoms with E-state index in [4.69, 9.17) is 22.1 Å². The third-order valence-corrected chi connectivity index (χ3v) is 4.03. The van der Waals surface area contributed by atoms with Gasteiger partial charge in [-0.15, -0.1) is 0 Å². The highest BCUT2D eigenvalue weighted by molar-refractivity contribution is 6.30. The maximum atomic E-state index is 12.3. The van der Waals surface area contributed by atoms with Crippen molar-refractivity contribution in [2.45, 2.75) is 19.0 Å². The molecular formula is C20H20ClN3O5. The van der Waals surface area contributed by atoms with Gasteiger partial charge in [-0.3, -0.25) is 14.4 Å². The lowest BCUT2D eigenvalue weighted by Crippen LogP contribution is -2.45. The number of rotatable bonds is 9. The zero-order chi connectivity index (χ0) is 21.2. The van der Waals surface area contributed by atoms with Crippen LogP contribution >= 0.6 is 11.6 Å².